The number of halogens is 1. The number of cyclic esters (lactones) is 1. The Labute approximate surface area is 174 Å². The number of hydrogen-bond acceptors (Lipinski definition) is 2. The molecule has 0 saturated carbocycles. The molecule has 1 N–H and O–H groups in total. The Kier molecular flexibility index (Phi) is 4.04. The summed E-state index contributed by atoms with van der Waals surface area (Å²) >= 11 is 6.26. The van der Waals surface area contributed by atoms with Crippen molar-refractivity contribution in [1.29, 1.82) is 0 Å². The fourth-order valence-electron chi connectivity index (χ4n) is 4.21. The molecular weight excluding hydrogens is 382 g/mol. The molecule has 0 unspecified atom stereocenters. The molecule has 4 heteroatoms. The van der Waals surface area contributed by atoms with Gasteiger partial charge in [0.2, 0.25) is 0 Å². The average Bonchev–Trinajstić information content (AvgIpc) is 3.07. The first-order chi connectivity index (χ1) is 14.0. The Balaban J connectivity index is 1.77. The van der Waals surface area contributed by atoms with Crippen molar-refractivity contribution in [1.82, 2.24) is 4.98 Å². The van der Waals surface area contributed by atoms with Crippen molar-refractivity contribution in [3.8, 4) is 0 Å². The number of aromatic nitrogens is 1. The second-order valence-electron chi connectivity index (χ2n) is 7.79. The minimum absolute atomic E-state index is 0.347. The van der Waals surface area contributed by atoms with Gasteiger partial charge in [0.1, 0.15) is 5.69 Å². The van der Waals surface area contributed by atoms with Crippen LogP contribution in [0.5, 0.6) is 0 Å². The molecule has 0 bridgehead atoms. The summed E-state index contributed by atoms with van der Waals surface area (Å²) < 4.78 is 6.21. The summed E-state index contributed by atoms with van der Waals surface area (Å²) in [4.78, 5) is 16.4. The summed E-state index contributed by atoms with van der Waals surface area (Å²) in [6.45, 7) is 4.10. The Morgan fingerprint density at radius 2 is 1.48 bits per heavy atom. The molecule has 1 aliphatic rings. The quantitative estimate of drug-likeness (QED) is 0.412. The second kappa shape index (κ2) is 6.50. The first kappa shape index (κ1) is 18.0. The van der Waals surface area contributed by atoms with Crippen LogP contribution in [0.1, 0.15) is 38.3 Å². The van der Waals surface area contributed by atoms with Crippen molar-refractivity contribution in [3.63, 3.8) is 0 Å². The summed E-state index contributed by atoms with van der Waals surface area (Å²) in [5, 5.41) is 1.61. The van der Waals surface area contributed by atoms with Crippen LogP contribution in [0.25, 0.3) is 10.9 Å². The van der Waals surface area contributed by atoms with Crippen molar-refractivity contribution in [2.45, 2.75) is 25.9 Å². The molecule has 3 nitrogen and oxygen atoms in total. The minimum atomic E-state index is -0.886. The van der Waals surface area contributed by atoms with Gasteiger partial charge in [-0.05, 0) is 37.6 Å². The van der Waals surface area contributed by atoms with Crippen LogP contribution in [0.2, 0.25) is 5.02 Å². The van der Waals surface area contributed by atoms with Crippen LogP contribution in [0.4, 0.5) is 0 Å². The van der Waals surface area contributed by atoms with E-state index in [1.807, 2.05) is 18.2 Å². The number of aromatic amines is 1. The molecule has 0 radical (unpaired) electrons. The fourth-order valence-corrected chi connectivity index (χ4v) is 4.38. The first-order valence-electron chi connectivity index (χ1n) is 9.64. The Morgan fingerprint density at radius 1 is 0.897 bits per heavy atom. The lowest BCUT2D eigenvalue weighted by Crippen LogP contribution is -2.40. The molecule has 144 valence electrons. The third-order valence-electron chi connectivity index (χ3n) is 5.80. The maximum absolute atomic E-state index is 13.1. The second-order valence-corrected chi connectivity index (χ2v) is 8.23. The molecule has 5 rings (SSSR count). The molecule has 4 aromatic rings. The molecule has 0 amide bonds. The zero-order valence-corrected chi connectivity index (χ0v) is 17.0. The number of esters is 1. The van der Waals surface area contributed by atoms with Crippen LogP contribution in [0.15, 0.2) is 66.7 Å². The number of nitrogens with one attached hydrogen (secondary N) is 1. The van der Waals surface area contributed by atoms with Gasteiger partial charge in [-0.1, -0.05) is 71.3 Å². The highest BCUT2D eigenvalue weighted by Crippen LogP contribution is 2.44. The van der Waals surface area contributed by atoms with Crippen molar-refractivity contribution < 1.29 is 9.53 Å². The Hall–Kier alpha value is -3.04. The lowest BCUT2D eigenvalue weighted by molar-refractivity contribution is -0.00792. The fraction of sp³-hybridized carbons (Fsp3) is 0.160. The minimum Gasteiger partial charge on any atom is -0.444 e. The number of carbonyl (C=O) groups excluding carboxylic acids is 1. The summed E-state index contributed by atoms with van der Waals surface area (Å²) in [6, 6.07) is 22.1. The molecular formula is C25H20ClNO2. The average molecular weight is 402 g/mol. The van der Waals surface area contributed by atoms with E-state index in [2.05, 4.69) is 67.4 Å². The molecule has 0 fully saturated rings. The predicted octanol–water partition coefficient (Wildman–Crippen LogP) is 6.09. The van der Waals surface area contributed by atoms with Gasteiger partial charge >= 0.3 is 5.97 Å². The molecule has 0 atom stereocenters. The third kappa shape index (κ3) is 2.85. The molecule has 2 heterocycles. The monoisotopic (exact) mass is 401 g/mol. The highest BCUT2D eigenvalue weighted by Gasteiger charge is 2.45. The van der Waals surface area contributed by atoms with E-state index in [4.69, 9.17) is 16.3 Å². The number of benzene rings is 3. The van der Waals surface area contributed by atoms with Crippen LogP contribution in [0.3, 0.4) is 0 Å². The zero-order chi connectivity index (χ0) is 20.2. The molecule has 0 spiro atoms. The molecule has 1 aliphatic heterocycles. The standard InChI is InChI=1S/C25H20ClNO2/c1-15-3-7-17(8-4-15)25(18-9-5-16(2)6-10-18)14-21-20-13-19(26)11-12-22(20)27-23(21)24(28)29-25/h3-13,27H,14H2,1-2H3. The first-order valence-corrected chi connectivity index (χ1v) is 10.0. The van der Waals surface area contributed by atoms with Crippen molar-refractivity contribution >= 4 is 28.5 Å². The van der Waals surface area contributed by atoms with E-state index < -0.39 is 5.60 Å². The highest BCUT2D eigenvalue weighted by atomic mass is 35.5. The Morgan fingerprint density at radius 3 is 2.07 bits per heavy atom. The van der Waals surface area contributed by atoms with E-state index in [1.54, 1.807) is 0 Å². The number of rotatable bonds is 2. The van der Waals surface area contributed by atoms with Gasteiger partial charge in [0.05, 0.1) is 0 Å². The van der Waals surface area contributed by atoms with Gasteiger partial charge in [-0.15, -0.1) is 0 Å². The number of H-pyrrole nitrogens is 1. The summed E-state index contributed by atoms with van der Waals surface area (Å²) in [5.74, 6) is -0.347. The van der Waals surface area contributed by atoms with Gasteiger partial charge < -0.3 is 9.72 Å². The van der Waals surface area contributed by atoms with E-state index >= 15 is 0 Å². The smallest absolute Gasteiger partial charge is 0.356 e. The van der Waals surface area contributed by atoms with Crippen LogP contribution >= 0.6 is 11.6 Å². The van der Waals surface area contributed by atoms with E-state index in [1.165, 1.54) is 0 Å². The van der Waals surface area contributed by atoms with Gasteiger partial charge in [0.25, 0.3) is 0 Å². The summed E-state index contributed by atoms with van der Waals surface area (Å²) in [5.41, 5.74) is 5.70. The van der Waals surface area contributed by atoms with Crippen LogP contribution in [0, 0.1) is 13.8 Å². The third-order valence-corrected chi connectivity index (χ3v) is 6.04. The van der Waals surface area contributed by atoms with Crippen molar-refractivity contribution in [2.24, 2.45) is 0 Å². The number of carbonyl (C=O) groups is 1. The zero-order valence-electron chi connectivity index (χ0n) is 16.3. The maximum atomic E-state index is 13.1. The Bertz CT molecular complexity index is 1190. The van der Waals surface area contributed by atoms with Gasteiger partial charge in [-0.25, -0.2) is 4.79 Å². The molecule has 3 aromatic carbocycles. The molecule has 29 heavy (non-hydrogen) atoms. The lowest BCUT2D eigenvalue weighted by atomic mass is 9.78. The normalized spacial score (nSPS) is 15.2. The number of hydrogen-bond donors (Lipinski definition) is 1. The van der Waals surface area contributed by atoms with Gasteiger partial charge in [-0.2, -0.15) is 0 Å². The van der Waals surface area contributed by atoms with Crippen molar-refractivity contribution in [3.05, 3.63) is 105 Å². The van der Waals surface area contributed by atoms with Crippen LogP contribution in [-0.4, -0.2) is 11.0 Å². The maximum Gasteiger partial charge on any atom is 0.356 e. The molecule has 1 aromatic heterocycles. The number of ether oxygens (including phenoxy) is 1. The van der Waals surface area contributed by atoms with Crippen LogP contribution in [-0.2, 0) is 16.8 Å². The summed E-state index contributed by atoms with van der Waals surface area (Å²) in [7, 11) is 0. The van der Waals surface area contributed by atoms with Gasteiger partial charge in [-0.3, -0.25) is 0 Å². The largest absolute Gasteiger partial charge is 0.444 e. The van der Waals surface area contributed by atoms with E-state index in [0.29, 0.717) is 17.1 Å². The predicted molar refractivity (Wildman–Crippen MR) is 116 cm³/mol. The molecule has 0 aliphatic carbocycles. The number of aryl methyl sites for hydroxylation is 2. The summed E-state index contributed by atoms with van der Waals surface area (Å²) in [6.07, 6.45) is 0.542. The SMILES string of the molecule is Cc1ccc(C2(c3ccc(C)cc3)Cc3c([nH]c4ccc(Cl)cc34)C(=O)O2)cc1. The van der Waals surface area contributed by atoms with Gasteiger partial charge in [0, 0.05) is 33.5 Å². The van der Waals surface area contributed by atoms with Crippen LogP contribution < -0.4 is 0 Å². The lowest BCUT2D eigenvalue weighted by Gasteiger charge is -2.37. The van der Waals surface area contributed by atoms with E-state index in [9.17, 15) is 4.79 Å². The van der Waals surface area contributed by atoms with E-state index in [0.717, 1.165) is 38.7 Å². The highest BCUT2D eigenvalue weighted by molar-refractivity contribution is 6.31. The van der Waals surface area contributed by atoms with Gasteiger partial charge in [0.15, 0.2) is 5.60 Å². The topological polar surface area (TPSA) is 42.1 Å². The van der Waals surface area contributed by atoms with Crippen molar-refractivity contribution in [2.75, 3.05) is 0 Å². The molecule has 0 saturated heterocycles. The van der Waals surface area contributed by atoms with E-state index in [-0.39, 0.29) is 5.97 Å². The number of fused-ring (bicyclic) bond motifs is 3.